The molecule has 25 heavy (non-hydrogen) atoms. The lowest BCUT2D eigenvalue weighted by molar-refractivity contribution is -0.124. The van der Waals surface area contributed by atoms with E-state index in [-0.39, 0.29) is 24.3 Å². The molecule has 1 aromatic heterocycles. The van der Waals surface area contributed by atoms with Crippen LogP contribution in [-0.2, 0) is 16.1 Å². The minimum atomic E-state index is -0.190. The van der Waals surface area contributed by atoms with Crippen molar-refractivity contribution in [1.82, 2.24) is 25.4 Å². The highest BCUT2D eigenvalue weighted by Gasteiger charge is 2.12. The average molecular weight is 361 g/mol. The molecule has 1 heterocycles. The summed E-state index contributed by atoms with van der Waals surface area (Å²) in [6.07, 6.45) is 0. The Hall–Kier alpha value is -2.48. The molecule has 0 aliphatic rings. The van der Waals surface area contributed by atoms with Gasteiger partial charge in [0.15, 0.2) is 10.6 Å². The van der Waals surface area contributed by atoms with Crippen LogP contribution in [0.4, 0.5) is 0 Å². The summed E-state index contributed by atoms with van der Waals surface area (Å²) in [4.78, 5) is 23.6. The zero-order chi connectivity index (χ0) is 18.4. The van der Waals surface area contributed by atoms with Gasteiger partial charge >= 0.3 is 0 Å². The van der Waals surface area contributed by atoms with Gasteiger partial charge in [0.25, 0.3) is 0 Å². The smallest absolute Gasteiger partial charge is 0.240 e. The first-order valence-electron chi connectivity index (χ1n) is 8.15. The Balaban J connectivity index is 1.95. The van der Waals surface area contributed by atoms with Crippen LogP contribution in [0.2, 0.25) is 0 Å². The topological polar surface area (TPSA) is 91.8 Å². The fraction of sp³-hybridized carbons (Fsp3) is 0.412. The first-order chi connectivity index (χ1) is 11.9. The van der Waals surface area contributed by atoms with Gasteiger partial charge in [0.1, 0.15) is 6.54 Å². The van der Waals surface area contributed by atoms with Gasteiger partial charge in [-0.25, -0.2) is 0 Å². The molecule has 7 nitrogen and oxygen atoms in total. The quantitative estimate of drug-likeness (QED) is 0.518. The molecular weight excluding hydrogens is 338 g/mol. The summed E-state index contributed by atoms with van der Waals surface area (Å²) >= 11 is 5.22. The molecule has 2 rings (SSSR count). The maximum Gasteiger partial charge on any atom is 0.240 e. The number of benzene rings is 1. The molecule has 0 atom stereocenters. The summed E-state index contributed by atoms with van der Waals surface area (Å²) in [5, 5.41) is 12.5. The number of amides is 2. The second kappa shape index (κ2) is 8.57. The SMILES string of the molecule is Cc1ccc(-c2n[nH]c(=S)n2CC(=O)NCCNC(=O)C(C)C)cc1. The van der Waals surface area contributed by atoms with Crippen LogP contribution in [0, 0.1) is 17.6 Å². The van der Waals surface area contributed by atoms with Crippen LogP contribution in [0.3, 0.4) is 0 Å². The van der Waals surface area contributed by atoms with Crippen LogP contribution < -0.4 is 10.6 Å². The Morgan fingerprint density at radius 1 is 1.20 bits per heavy atom. The van der Waals surface area contributed by atoms with Gasteiger partial charge in [-0.1, -0.05) is 43.7 Å². The van der Waals surface area contributed by atoms with E-state index < -0.39 is 0 Å². The summed E-state index contributed by atoms with van der Waals surface area (Å²) in [6.45, 7) is 6.47. The summed E-state index contributed by atoms with van der Waals surface area (Å²) in [7, 11) is 0. The van der Waals surface area contributed by atoms with E-state index in [0.717, 1.165) is 11.1 Å². The van der Waals surface area contributed by atoms with Gasteiger partial charge in [0.2, 0.25) is 11.8 Å². The summed E-state index contributed by atoms with van der Waals surface area (Å²) in [5.74, 6) is 0.322. The molecule has 8 heteroatoms. The van der Waals surface area contributed by atoms with Crippen molar-refractivity contribution in [2.45, 2.75) is 27.3 Å². The molecule has 0 bridgehead atoms. The number of aromatic nitrogens is 3. The molecule has 0 aliphatic heterocycles. The van der Waals surface area contributed by atoms with Crippen molar-refractivity contribution in [3.63, 3.8) is 0 Å². The number of H-pyrrole nitrogens is 1. The van der Waals surface area contributed by atoms with Crippen LogP contribution in [0.1, 0.15) is 19.4 Å². The second-order valence-electron chi connectivity index (χ2n) is 6.10. The van der Waals surface area contributed by atoms with Gasteiger partial charge in [-0.3, -0.25) is 19.3 Å². The molecule has 0 saturated heterocycles. The van der Waals surface area contributed by atoms with Crippen molar-refractivity contribution >= 4 is 24.0 Å². The van der Waals surface area contributed by atoms with Gasteiger partial charge < -0.3 is 10.6 Å². The first-order valence-corrected chi connectivity index (χ1v) is 8.56. The molecule has 134 valence electrons. The van der Waals surface area contributed by atoms with Gasteiger partial charge in [0, 0.05) is 24.6 Å². The predicted octanol–water partition coefficient (Wildman–Crippen LogP) is 1.80. The lowest BCUT2D eigenvalue weighted by Gasteiger charge is -2.10. The lowest BCUT2D eigenvalue weighted by Crippen LogP contribution is -2.37. The fourth-order valence-electron chi connectivity index (χ4n) is 2.18. The zero-order valence-electron chi connectivity index (χ0n) is 14.6. The minimum absolute atomic E-state index is 0.0343. The van der Waals surface area contributed by atoms with E-state index in [1.807, 2.05) is 45.0 Å². The van der Waals surface area contributed by atoms with Crippen molar-refractivity contribution in [3.8, 4) is 11.4 Å². The highest BCUT2D eigenvalue weighted by Crippen LogP contribution is 2.17. The minimum Gasteiger partial charge on any atom is -0.354 e. The van der Waals surface area contributed by atoms with Crippen molar-refractivity contribution in [2.24, 2.45) is 5.92 Å². The number of rotatable bonds is 7. The summed E-state index contributed by atoms with van der Waals surface area (Å²) in [5.41, 5.74) is 2.03. The first kappa shape index (κ1) is 18.9. The molecule has 0 saturated carbocycles. The van der Waals surface area contributed by atoms with E-state index >= 15 is 0 Å². The van der Waals surface area contributed by atoms with Crippen LogP contribution in [-0.4, -0.2) is 39.7 Å². The fourth-order valence-corrected chi connectivity index (χ4v) is 2.38. The Labute approximate surface area is 151 Å². The molecule has 1 aromatic carbocycles. The van der Waals surface area contributed by atoms with Crippen molar-refractivity contribution in [2.75, 3.05) is 13.1 Å². The van der Waals surface area contributed by atoms with Crippen molar-refractivity contribution in [3.05, 3.63) is 34.6 Å². The third-order valence-electron chi connectivity index (χ3n) is 3.64. The van der Waals surface area contributed by atoms with Crippen LogP contribution in [0.15, 0.2) is 24.3 Å². The van der Waals surface area contributed by atoms with Crippen LogP contribution in [0.5, 0.6) is 0 Å². The number of carbonyl (C=O) groups is 2. The van der Waals surface area contributed by atoms with Crippen molar-refractivity contribution < 1.29 is 9.59 Å². The van der Waals surface area contributed by atoms with E-state index in [2.05, 4.69) is 20.8 Å². The molecule has 2 aromatic rings. The molecular formula is C17H23N5O2S. The standard InChI is InChI=1S/C17H23N5O2S/c1-11(2)16(24)19-9-8-18-14(23)10-22-15(20-21-17(22)25)13-6-4-12(3)5-7-13/h4-7,11H,8-10H2,1-3H3,(H,18,23)(H,19,24)(H,21,25). The summed E-state index contributed by atoms with van der Waals surface area (Å²) in [6, 6.07) is 7.84. The summed E-state index contributed by atoms with van der Waals surface area (Å²) < 4.78 is 2.04. The number of nitrogens with one attached hydrogen (secondary N) is 3. The molecule has 0 aliphatic carbocycles. The Kier molecular flexibility index (Phi) is 6.46. The van der Waals surface area contributed by atoms with E-state index in [0.29, 0.717) is 23.7 Å². The Bertz CT molecular complexity index is 792. The predicted molar refractivity (Wildman–Crippen MR) is 98.4 cm³/mol. The number of hydrogen-bond donors (Lipinski definition) is 3. The Morgan fingerprint density at radius 3 is 2.48 bits per heavy atom. The third kappa shape index (κ3) is 5.25. The highest BCUT2D eigenvalue weighted by molar-refractivity contribution is 7.71. The maximum atomic E-state index is 12.1. The molecule has 0 fully saturated rings. The van der Waals surface area contributed by atoms with Gasteiger partial charge in [-0.2, -0.15) is 5.10 Å². The number of hydrogen-bond acceptors (Lipinski definition) is 4. The number of aromatic amines is 1. The monoisotopic (exact) mass is 361 g/mol. The lowest BCUT2D eigenvalue weighted by atomic mass is 10.1. The van der Waals surface area contributed by atoms with Crippen LogP contribution in [0.25, 0.3) is 11.4 Å². The van der Waals surface area contributed by atoms with Crippen molar-refractivity contribution in [1.29, 1.82) is 0 Å². The normalized spacial score (nSPS) is 10.7. The van der Waals surface area contributed by atoms with E-state index in [1.165, 1.54) is 0 Å². The maximum absolute atomic E-state index is 12.1. The number of carbonyl (C=O) groups excluding carboxylic acids is 2. The van der Waals surface area contributed by atoms with E-state index in [9.17, 15) is 9.59 Å². The van der Waals surface area contributed by atoms with E-state index in [4.69, 9.17) is 12.2 Å². The number of nitrogens with zero attached hydrogens (tertiary/aromatic N) is 2. The second-order valence-corrected chi connectivity index (χ2v) is 6.49. The third-order valence-corrected chi connectivity index (χ3v) is 3.95. The molecule has 2 amide bonds. The molecule has 0 spiro atoms. The molecule has 0 radical (unpaired) electrons. The highest BCUT2D eigenvalue weighted by atomic mass is 32.1. The van der Waals surface area contributed by atoms with Gasteiger partial charge in [-0.05, 0) is 19.1 Å². The Morgan fingerprint density at radius 2 is 1.84 bits per heavy atom. The molecule has 0 unspecified atom stereocenters. The average Bonchev–Trinajstić information content (AvgIpc) is 2.93. The van der Waals surface area contributed by atoms with Gasteiger partial charge in [-0.15, -0.1) is 0 Å². The number of aryl methyl sites for hydroxylation is 1. The van der Waals surface area contributed by atoms with E-state index in [1.54, 1.807) is 4.57 Å². The largest absolute Gasteiger partial charge is 0.354 e. The van der Waals surface area contributed by atoms with Crippen LogP contribution >= 0.6 is 12.2 Å². The molecule has 3 N–H and O–H groups in total. The zero-order valence-corrected chi connectivity index (χ0v) is 15.4. The van der Waals surface area contributed by atoms with Gasteiger partial charge in [0.05, 0.1) is 0 Å².